The molecule has 1 aromatic rings. The van der Waals surface area contributed by atoms with E-state index in [1.165, 1.54) is 0 Å². The van der Waals surface area contributed by atoms with E-state index in [0.717, 1.165) is 16.5 Å². The summed E-state index contributed by atoms with van der Waals surface area (Å²) in [6.45, 7) is 2.69. The maximum Gasteiger partial charge on any atom is 0.0934 e. The molecule has 76 valence electrons. The highest BCUT2D eigenvalue weighted by Crippen LogP contribution is 2.35. The fourth-order valence-corrected chi connectivity index (χ4v) is 2.18. The van der Waals surface area contributed by atoms with Crippen molar-refractivity contribution in [2.24, 2.45) is 5.73 Å². The number of rotatable bonds is 1. The molecule has 0 saturated carbocycles. The zero-order valence-electron chi connectivity index (χ0n) is 8.03. The molecule has 14 heavy (non-hydrogen) atoms. The van der Waals surface area contributed by atoms with Crippen LogP contribution in [0.5, 0.6) is 0 Å². The summed E-state index contributed by atoms with van der Waals surface area (Å²) in [5.41, 5.74) is 6.64. The third-order valence-electron chi connectivity index (χ3n) is 2.58. The van der Waals surface area contributed by atoms with Crippen molar-refractivity contribution in [1.29, 1.82) is 0 Å². The highest BCUT2D eigenvalue weighted by atomic mass is 79.9. The normalized spacial score (nSPS) is 32.1. The molecular formula is C10H13BrN2O. The summed E-state index contributed by atoms with van der Waals surface area (Å²) < 4.78 is 6.68. The van der Waals surface area contributed by atoms with Crippen LogP contribution in [0.2, 0.25) is 0 Å². The van der Waals surface area contributed by atoms with Crippen molar-refractivity contribution < 1.29 is 4.74 Å². The van der Waals surface area contributed by atoms with Crippen LogP contribution in [0.3, 0.4) is 0 Å². The number of hydrogen-bond acceptors (Lipinski definition) is 3. The molecule has 4 heteroatoms. The lowest BCUT2D eigenvalue weighted by molar-refractivity contribution is 0.0161. The van der Waals surface area contributed by atoms with Gasteiger partial charge in [0.2, 0.25) is 0 Å². The Morgan fingerprint density at radius 3 is 3.00 bits per heavy atom. The second kappa shape index (κ2) is 3.61. The minimum atomic E-state index is -0.268. The Morgan fingerprint density at radius 1 is 1.64 bits per heavy atom. The molecule has 1 saturated heterocycles. The van der Waals surface area contributed by atoms with Crippen molar-refractivity contribution in [2.75, 3.05) is 6.61 Å². The minimum Gasteiger partial charge on any atom is -0.369 e. The maximum atomic E-state index is 5.83. The van der Waals surface area contributed by atoms with Gasteiger partial charge in [-0.25, -0.2) is 0 Å². The Bertz CT molecular complexity index is 345. The number of pyridine rings is 1. The van der Waals surface area contributed by atoms with Gasteiger partial charge in [-0.3, -0.25) is 4.98 Å². The van der Waals surface area contributed by atoms with Crippen molar-refractivity contribution in [2.45, 2.75) is 25.0 Å². The van der Waals surface area contributed by atoms with E-state index >= 15 is 0 Å². The van der Waals surface area contributed by atoms with Crippen molar-refractivity contribution in [1.82, 2.24) is 4.98 Å². The zero-order valence-corrected chi connectivity index (χ0v) is 9.62. The standard InChI is InChI=1S/C10H13BrN2O/c1-10(3-9(12)6-14-10)7-2-8(11)5-13-4-7/h2,4-5,9H,3,6,12H2,1H3. The Labute approximate surface area is 91.8 Å². The van der Waals surface area contributed by atoms with E-state index in [0.29, 0.717) is 6.61 Å². The van der Waals surface area contributed by atoms with Gasteiger partial charge >= 0.3 is 0 Å². The summed E-state index contributed by atoms with van der Waals surface area (Å²) in [7, 11) is 0. The molecule has 2 heterocycles. The predicted molar refractivity (Wildman–Crippen MR) is 57.8 cm³/mol. The van der Waals surface area contributed by atoms with Gasteiger partial charge in [0, 0.05) is 28.5 Å². The molecule has 0 aromatic carbocycles. The number of aromatic nitrogens is 1. The van der Waals surface area contributed by atoms with Crippen molar-refractivity contribution in [3.63, 3.8) is 0 Å². The first kappa shape index (κ1) is 10.1. The molecule has 0 bridgehead atoms. The molecule has 1 aromatic heterocycles. The lowest BCUT2D eigenvalue weighted by Crippen LogP contribution is -2.23. The third-order valence-corrected chi connectivity index (χ3v) is 3.02. The van der Waals surface area contributed by atoms with Gasteiger partial charge in [-0.1, -0.05) is 0 Å². The molecule has 2 unspecified atom stereocenters. The molecule has 2 atom stereocenters. The summed E-state index contributed by atoms with van der Waals surface area (Å²) in [5, 5.41) is 0. The van der Waals surface area contributed by atoms with Gasteiger partial charge in [0.15, 0.2) is 0 Å². The summed E-state index contributed by atoms with van der Waals surface area (Å²) in [6.07, 6.45) is 4.45. The number of nitrogens with zero attached hydrogens (tertiary/aromatic N) is 1. The average Bonchev–Trinajstić information content (AvgIpc) is 2.48. The average molecular weight is 257 g/mol. The van der Waals surface area contributed by atoms with Gasteiger partial charge in [0.1, 0.15) is 0 Å². The molecule has 2 N–H and O–H groups in total. The molecular weight excluding hydrogens is 244 g/mol. The molecule has 1 aliphatic rings. The molecule has 0 amide bonds. The molecule has 0 radical (unpaired) electrons. The second-order valence-corrected chi connectivity index (χ2v) is 4.81. The highest BCUT2D eigenvalue weighted by Gasteiger charge is 2.36. The van der Waals surface area contributed by atoms with E-state index in [2.05, 4.69) is 27.8 Å². The van der Waals surface area contributed by atoms with Crippen LogP contribution in [0, 0.1) is 0 Å². The predicted octanol–water partition coefficient (Wildman–Crippen LogP) is 1.81. The van der Waals surface area contributed by atoms with Crippen LogP contribution in [0.25, 0.3) is 0 Å². The summed E-state index contributed by atoms with van der Waals surface area (Å²) >= 11 is 3.40. The van der Waals surface area contributed by atoms with Gasteiger partial charge in [-0.15, -0.1) is 0 Å². The van der Waals surface area contributed by atoms with E-state index in [9.17, 15) is 0 Å². The molecule has 3 nitrogen and oxygen atoms in total. The molecule has 1 aliphatic heterocycles. The number of ether oxygens (including phenoxy) is 1. The lowest BCUT2D eigenvalue weighted by atomic mass is 9.93. The zero-order chi connectivity index (χ0) is 10.2. The summed E-state index contributed by atoms with van der Waals surface area (Å²) in [5.74, 6) is 0. The van der Waals surface area contributed by atoms with Crippen LogP contribution in [0.4, 0.5) is 0 Å². The number of nitrogens with two attached hydrogens (primary N) is 1. The van der Waals surface area contributed by atoms with Crippen LogP contribution < -0.4 is 5.73 Å². The van der Waals surface area contributed by atoms with E-state index in [1.807, 2.05) is 12.3 Å². The fraction of sp³-hybridized carbons (Fsp3) is 0.500. The lowest BCUT2D eigenvalue weighted by Gasteiger charge is -2.23. The van der Waals surface area contributed by atoms with Gasteiger partial charge < -0.3 is 10.5 Å². The number of halogens is 1. The van der Waals surface area contributed by atoms with Gasteiger partial charge in [0.25, 0.3) is 0 Å². The van der Waals surface area contributed by atoms with Crippen molar-refractivity contribution >= 4 is 15.9 Å². The Kier molecular flexibility index (Phi) is 2.60. The summed E-state index contributed by atoms with van der Waals surface area (Å²) in [6, 6.07) is 2.17. The van der Waals surface area contributed by atoms with Gasteiger partial charge in [0.05, 0.1) is 12.2 Å². The van der Waals surface area contributed by atoms with Gasteiger partial charge in [-0.2, -0.15) is 0 Å². The monoisotopic (exact) mass is 256 g/mol. The molecule has 1 fully saturated rings. The first-order valence-electron chi connectivity index (χ1n) is 4.61. The van der Waals surface area contributed by atoms with E-state index < -0.39 is 0 Å². The Hall–Kier alpha value is -0.450. The fourth-order valence-electron chi connectivity index (χ4n) is 1.81. The maximum absolute atomic E-state index is 5.83. The number of hydrogen-bond donors (Lipinski definition) is 1. The van der Waals surface area contributed by atoms with Crippen molar-refractivity contribution in [3.8, 4) is 0 Å². The smallest absolute Gasteiger partial charge is 0.0934 e. The highest BCUT2D eigenvalue weighted by molar-refractivity contribution is 9.10. The summed E-state index contributed by atoms with van der Waals surface area (Å²) in [4.78, 5) is 4.13. The van der Waals surface area contributed by atoms with Crippen LogP contribution in [0.15, 0.2) is 22.9 Å². The second-order valence-electron chi connectivity index (χ2n) is 3.90. The first-order chi connectivity index (χ1) is 6.60. The quantitative estimate of drug-likeness (QED) is 0.834. The minimum absolute atomic E-state index is 0.138. The van der Waals surface area contributed by atoms with E-state index in [1.54, 1.807) is 6.20 Å². The topological polar surface area (TPSA) is 48.1 Å². The van der Waals surface area contributed by atoms with E-state index in [4.69, 9.17) is 10.5 Å². The SMILES string of the molecule is CC1(c2cncc(Br)c2)CC(N)CO1. The van der Waals surface area contributed by atoms with Crippen LogP contribution in [-0.4, -0.2) is 17.6 Å². The Balaban J connectivity index is 2.30. The van der Waals surface area contributed by atoms with Crippen molar-refractivity contribution in [3.05, 3.63) is 28.5 Å². The van der Waals surface area contributed by atoms with Crippen LogP contribution in [0.1, 0.15) is 18.9 Å². The molecule has 2 rings (SSSR count). The van der Waals surface area contributed by atoms with E-state index in [-0.39, 0.29) is 11.6 Å². The van der Waals surface area contributed by atoms with Crippen LogP contribution in [-0.2, 0) is 10.3 Å². The van der Waals surface area contributed by atoms with Gasteiger partial charge in [-0.05, 0) is 35.3 Å². The first-order valence-corrected chi connectivity index (χ1v) is 5.40. The molecule has 0 spiro atoms. The Morgan fingerprint density at radius 2 is 2.43 bits per heavy atom. The molecule has 0 aliphatic carbocycles. The third kappa shape index (κ3) is 1.82. The van der Waals surface area contributed by atoms with Crippen LogP contribution >= 0.6 is 15.9 Å². The largest absolute Gasteiger partial charge is 0.369 e.